The minimum atomic E-state index is 0.567. The molecule has 0 aliphatic carbocycles. The lowest BCUT2D eigenvalue weighted by Crippen LogP contribution is -1.99. The lowest BCUT2D eigenvalue weighted by atomic mass is 10.2. The van der Waals surface area contributed by atoms with Gasteiger partial charge in [-0.2, -0.15) is 5.26 Å². The molecule has 1 aromatic heterocycles. The first-order valence-corrected chi connectivity index (χ1v) is 6.44. The second-order valence-electron chi connectivity index (χ2n) is 3.59. The fourth-order valence-corrected chi connectivity index (χ4v) is 1.98. The molecule has 0 bridgehead atoms. The molecule has 0 aliphatic rings. The van der Waals surface area contributed by atoms with E-state index in [0.29, 0.717) is 17.4 Å². The first kappa shape index (κ1) is 12.5. The van der Waals surface area contributed by atoms with Gasteiger partial charge in [-0.25, -0.2) is 4.98 Å². The molecule has 0 unspecified atom stereocenters. The van der Waals surface area contributed by atoms with Gasteiger partial charge in [0.25, 0.3) is 5.22 Å². The monoisotopic (exact) mass is 260 g/mol. The summed E-state index contributed by atoms with van der Waals surface area (Å²) in [6.45, 7) is 2.46. The highest BCUT2D eigenvalue weighted by molar-refractivity contribution is 7.99. The summed E-state index contributed by atoms with van der Waals surface area (Å²) in [5.74, 6) is 1.53. The molecular formula is C13H12N2O2S. The minimum absolute atomic E-state index is 0.567. The Kier molecular flexibility index (Phi) is 4.26. The SMILES string of the molecule is Cc1coc(SCCOc2ccc(C#N)cc2)n1. The Hall–Kier alpha value is -1.93. The predicted molar refractivity (Wildman–Crippen MR) is 68.6 cm³/mol. The maximum atomic E-state index is 8.66. The van der Waals surface area contributed by atoms with Crippen LogP contribution in [0.2, 0.25) is 0 Å². The summed E-state index contributed by atoms with van der Waals surface area (Å²) in [6.07, 6.45) is 1.63. The van der Waals surface area contributed by atoms with Crippen molar-refractivity contribution in [2.24, 2.45) is 0 Å². The molecule has 2 rings (SSSR count). The zero-order valence-corrected chi connectivity index (χ0v) is 10.7. The van der Waals surface area contributed by atoms with Crippen LogP contribution in [0.4, 0.5) is 0 Å². The molecule has 0 saturated heterocycles. The lowest BCUT2D eigenvalue weighted by Gasteiger charge is -2.04. The van der Waals surface area contributed by atoms with E-state index in [1.54, 1.807) is 30.5 Å². The summed E-state index contributed by atoms with van der Waals surface area (Å²) < 4.78 is 10.7. The molecular weight excluding hydrogens is 248 g/mol. The Morgan fingerprint density at radius 3 is 2.78 bits per heavy atom. The van der Waals surface area contributed by atoms with Gasteiger partial charge in [-0.15, -0.1) is 0 Å². The smallest absolute Gasteiger partial charge is 0.255 e. The maximum absolute atomic E-state index is 8.66. The van der Waals surface area contributed by atoms with Crippen molar-refractivity contribution in [1.29, 1.82) is 5.26 Å². The van der Waals surface area contributed by atoms with Crippen LogP contribution in [-0.2, 0) is 0 Å². The first-order chi connectivity index (χ1) is 8.78. The molecule has 0 N–H and O–H groups in total. The molecule has 0 radical (unpaired) electrons. The molecule has 2 aromatic rings. The lowest BCUT2D eigenvalue weighted by molar-refractivity contribution is 0.343. The average molecular weight is 260 g/mol. The number of ether oxygens (including phenoxy) is 1. The molecule has 0 amide bonds. The van der Waals surface area contributed by atoms with Crippen LogP contribution in [0.15, 0.2) is 40.2 Å². The summed E-state index contributed by atoms with van der Waals surface area (Å²) in [7, 11) is 0. The van der Waals surface area contributed by atoms with Crippen LogP contribution in [0.3, 0.4) is 0 Å². The number of nitriles is 1. The van der Waals surface area contributed by atoms with Gasteiger partial charge in [0.05, 0.1) is 23.9 Å². The van der Waals surface area contributed by atoms with E-state index in [4.69, 9.17) is 14.4 Å². The molecule has 1 heterocycles. The molecule has 18 heavy (non-hydrogen) atoms. The predicted octanol–water partition coefficient (Wildman–Crippen LogP) is 3.03. The molecule has 0 spiro atoms. The second-order valence-corrected chi connectivity index (χ2v) is 4.63. The van der Waals surface area contributed by atoms with Crippen LogP contribution in [0.5, 0.6) is 5.75 Å². The Labute approximate surface area is 110 Å². The van der Waals surface area contributed by atoms with Crippen molar-refractivity contribution in [3.63, 3.8) is 0 Å². The topological polar surface area (TPSA) is 59.0 Å². The molecule has 1 aromatic carbocycles. The van der Waals surface area contributed by atoms with Gasteiger partial charge in [-0.1, -0.05) is 11.8 Å². The van der Waals surface area contributed by atoms with Crippen molar-refractivity contribution in [2.75, 3.05) is 12.4 Å². The van der Waals surface area contributed by atoms with E-state index in [2.05, 4.69) is 11.1 Å². The van der Waals surface area contributed by atoms with Crippen molar-refractivity contribution < 1.29 is 9.15 Å². The largest absolute Gasteiger partial charge is 0.493 e. The van der Waals surface area contributed by atoms with Gasteiger partial charge in [-0.3, -0.25) is 0 Å². The number of aryl methyl sites for hydroxylation is 1. The number of thioether (sulfide) groups is 1. The van der Waals surface area contributed by atoms with Crippen LogP contribution in [-0.4, -0.2) is 17.3 Å². The molecule has 0 fully saturated rings. The minimum Gasteiger partial charge on any atom is -0.493 e. The van der Waals surface area contributed by atoms with Gasteiger partial charge in [0.15, 0.2) is 0 Å². The van der Waals surface area contributed by atoms with E-state index in [0.717, 1.165) is 17.2 Å². The Morgan fingerprint density at radius 1 is 1.39 bits per heavy atom. The normalized spacial score (nSPS) is 10.0. The summed E-state index contributed by atoms with van der Waals surface area (Å²) >= 11 is 1.51. The summed E-state index contributed by atoms with van der Waals surface area (Å²) in [5.41, 5.74) is 1.51. The van der Waals surface area contributed by atoms with E-state index >= 15 is 0 Å². The Balaban J connectivity index is 1.73. The summed E-state index contributed by atoms with van der Waals surface area (Å²) in [6, 6.07) is 9.12. The van der Waals surface area contributed by atoms with Crippen molar-refractivity contribution >= 4 is 11.8 Å². The number of nitrogens with zero attached hydrogens (tertiary/aromatic N) is 2. The molecule has 4 nitrogen and oxygen atoms in total. The zero-order valence-electron chi connectivity index (χ0n) is 9.92. The average Bonchev–Trinajstić information content (AvgIpc) is 2.81. The molecule has 0 saturated carbocycles. The number of hydrogen-bond donors (Lipinski definition) is 0. The van der Waals surface area contributed by atoms with Crippen LogP contribution >= 0.6 is 11.8 Å². The fourth-order valence-electron chi connectivity index (χ4n) is 1.31. The van der Waals surface area contributed by atoms with Gasteiger partial charge in [0.1, 0.15) is 12.0 Å². The number of rotatable bonds is 5. The summed E-state index contributed by atoms with van der Waals surface area (Å²) in [4.78, 5) is 4.18. The fraction of sp³-hybridized carbons (Fsp3) is 0.231. The van der Waals surface area contributed by atoms with E-state index in [1.807, 2.05) is 6.92 Å². The van der Waals surface area contributed by atoms with Gasteiger partial charge in [0.2, 0.25) is 0 Å². The van der Waals surface area contributed by atoms with E-state index in [-0.39, 0.29) is 0 Å². The first-order valence-electron chi connectivity index (χ1n) is 5.46. The van der Waals surface area contributed by atoms with E-state index in [1.165, 1.54) is 11.8 Å². The Morgan fingerprint density at radius 2 is 2.17 bits per heavy atom. The molecule has 0 atom stereocenters. The highest BCUT2D eigenvalue weighted by Crippen LogP contribution is 2.17. The molecule has 0 aliphatic heterocycles. The van der Waals surface area contributed by atoms with Crippen LogP contribution in [0, 0.1) is 18.3 Å². The number of oxazole rings is 1. The van der Waals surface area contributed by atoms with Gasteiger partial charge < -0.3 is 9.15 Å². The second kappa shape index (κ2) is 6.12. The highest BCUT2D eigenvalue weighted by atomic mass is 32.2. The third-order valence-electron chi connectivity index (χ3n) is 2.16. The van der Waals surface area contributed by atoms with E-state index in [9.17, 15) is 0 Å². The molecule has 92 valence electrons. The van der Waals surface area contributed by atoms with Crippen molar-refractivity contribution in [3.8, 4) is 11.8 Å². The van der Waals surface area contributed by atoms with Crippen molar-refractivity contribution in [3.05, 3.63) is 41.8 Å². The third-order valence-corrected chi connectivity index (χ3v) is 2.96. The van der Waals surface area contributed by atoms with Crippen molar-refractivity contribution in [2.45, 2.75) is 12.1 Å². The standard InChI is InChI=1S/C13H12N2O2S/c1-10-9-17-13(15-10)18-7-6-16-12-4-2-11(8-14)3-5-12/h2-5,9H,6-7H2,1H3. The van der Waals surface area contributed by atoms with E-state index < -0.39 is 0 Å². The highest BCUT2D eigenvalue weighted by Gasteiger charge is 2.01. The third kappa shape index (κ3) is 3.54. The van der Waals surface area contributed by atoms with Crippen LogP contribution < -0.4 is 4.74 Å². The number of aromatic nitrogens is 1. The number of benzene rings is 1. The van der Waals surface area contributed by atoms with Crippen molar-refractivity contribution in [1.82, 2.24) is 4.98 Å². The van der Waals surface area contributed by atoms with Gasteiger partial charge >= 0.3 is 0 Å². The van der Waals surface area contributed by atoms with Gasteiger partial charge in [0, 0.05) is 5.75 Å². The summed E-state index contributed by atoms with van der Waals surface area (Å²) in [5, 5.41) is 9.32. The maximum Gasteiger partial charge on any atom is 0.255 e. The van der Waals surface area contributed by atoms with Gasteiger partial charge in [-0.05, 0) is 31.2 Å². The zero-order chi connectivity index (χ0) is 12.8. The Bertz CT molecular complexity index is 543. The van der Waals surface area contributed by atoms with Crippen LogP contribution in [0.1, 0.15) is 11.3 Å². The number of hydrogen-bond acceptors (Lipinski definition) is 5. The molecule has 5 heteroatoms. The quantitative estimate of drug-likeness (QED) is 0.611. The van der Waals surface area contributed by atoms with Crippen LogP contribution in [0.25, 0.3) is 0 Å².